The highest BCUT2D eigenvalue weighted by Crippen LogP contribution is 2.37. The Morgan fingerprint density at radius 2 is 1.77 bits per heavy atom. The average Bonchev–Trinajstić information content (AvgIpc) is 2.66. The van der Waals surface area contributed by atoms with Gasteiger partial charge in [-0.1, -0.05) is 18.2 Å². The second-order valence-electron chi connectivity index (χ2n) is 9.03. The first-order valence-corrected chi connectivity index (χ1v) is 13.0. The van der Waals surface area contributed by atoms with Gasteiger partial charge < -0.3 is 9.64 Å². The van der Waals surface area contributed by atoms with Crippen LogP contribution in [0.2, 0.25) is 0 Å². The fourth-order valence-electron chi connectivity index (χ4n) is 5.29. The predicted molar refractivity (Wildman–Crippen MR) is 119 cm³/mol. The molecule has 1 amide bonds. The summed E-state index contributed by atoms with van der Waals surface area (Å²) in [5, 5.41) is 0. The van der Waals surface area contributed by atoms with Gasteiger partial charge in [0.15, 0.2) is 0 Å². The maximum atomic E-state index is 12.1. The summed E-state index contributed by atoms with van der Waals surface area (Å²) in [5.74, 6) is 0.552. The van der Waals surface area contributed by atoms with E-state index in [9.17, 15) is 13.2 Å². The van der Waals surface area contributed by atoms with Gasteiger partial charge in [-0.2, -0.15) is 0 Å². The zero-order valence-corrected chi connectivity index (χ0v) is 19.5. The van der Waals surface area contributed by atoms with E-state index >= 15 is 0 Å². The number of ether oxygens (including phenoxy) is 1. The Morgan fingerprint density at radius 3 is 2.33 bits per heavy atom. The van der Waals surface area contributed by atoms with Crippen LogP contribution >= 0.6 is 0 Å². The quantitative estimate of drug-likeness (QED) is 0.743. The minimum Gasteiger partial charge on any atom is -0.376 e. The highest BCUT2D eigenvalue weighted by molar-refractivity contribution is 7.88. The third-order valence-corrected chi connectivity index (χ3v) is 7.41. The van der Waals surface area contributed by atoms with E-state index in [1.54, 1.807) is 11.8 Å². The van der Waals surface area contributed by atoms with E-state index in [4.69, 9.17) is 4.74 Å². The molecule has 0 radical (unpaired) electrons. The molecule has 1 heterocycles. The maximum Gasteiger partial charge on any atom is 0.219 e. The van der Waals surface area contributed by atoms with Crippen molar-refractivity contribution in [1.82, 2.24) is 9.62 Å². The largest absolute Gasteiger partial charge is 0.376 e. The van der Waals surface area contributed by atoms with Crippen LogP contribution in [0.25, 0.3) is 0 Å². The molecule has 30 heavy (non-hydrogen) atoms. The Labute approximate surface area is 181 Å². The van der Waals surface area contributed by atoms with Crippen LogP contribution in [-0.4, -0.2) is 56.8 Å². The van der Waals surface area contributed by atoms with Crippen molar-refractivity contribution in [3.8, 4) is 0 Å². The number of amides is 1. The standard InChI is InChI=1S/C23H36N2O4S/c1-16-7-5-8-17(2)23(16)19-10-12-20(13-11-19)29-15-22-21(24-30(4,27)28)9-6-14-25(22)18(3)26/h5,7-8,19-22,24H,6,9-15H2,1-4H3/t19-,20+,21-,22-/m0/s1. The Balaban J connectivity index is 1.60. The zero-order chi connectivity index (χ0) is 21.9. The molecular weight excluding hydrogens is 400 g/mol. The maximum absolute atomic E-state index is 12.1. The molecule has 1 aromatic carbocycles. The lowest BCUT2D eigenvalue weighted by atomic mass is 9.79. The van der Waals surface area contributed by atoms with E-state index < -0.39 is 10.0 Å². The van der Waals surface area contributed by atoms with Crippen LogP contribution in [0.3, 0.4) is 0 Å². The van der Waals surface area contributed by atoms with Gasteiger partial charge in [0.2, 0.25) is 15.9 Å². The lowest BCUT2D eigenvalue weighted by molar-refractivity contribution is -0.136. The van der Waals surface area contributed by atoms with Crippen molar-refractivity contribution >= 4 is 15.9 Å². The van der Waals surface area contributed by atoms with Crippen molar-refractivity contribution in [2.24, 2.45) is 0 Å². The molecule has 1 aromatic rings. The molecule has 6 nitrogen and oxygen atoms in total. The number of carbonyl (C=O) groups is 1. The second-order valence-corrected chi connectivity index (χ2v) is 10.8. The number of sulfonamides is 1. The molecule has 2 atom stereocenters. The average molecular weight is 437 g/mol. The van der Waals surface area contributed by atoms with Crippen molar-refractivity contribution < 1.29 is 17.9 Å². The molecule has 0 spiro atoms. The van der Waals surface area contributed by atoms with Crippen LogP contribution in [0.15, 0.2) is 18.2 Å². The Bertz CT molecular complexity index is 827. The number of nitrogens with zero attached hydrogens (tertiary/aromatic N) is 1. The van der Waals surface area contributed by atoms with E-state index in [-0.39, 0.29) is 24.1 Å². The number of hydrogen-bond acceptors (Lipinski definition) is 4. The van der Waals surface area contributed by atoms with Crippen LogP contribution in [0, 0.1) is 13.8 Å². The van der Waals surface area contributed by atoms with E-state index in [1.165, 1.54) is 22.9 Å². The number of carbonyl (C=O) groups excluding carboxylic acids is 1. The molecule has 1 saturated heterocycles. The second kappa shape index (κ2) is 9.79. The fourth-order valence-corrected chi connectivity index (χ4v) is 6.12. The Kier molecular flexibility index (Phi) is 7.58. The molecule has 0 aromatic heterocycles. The smallest absolute Gasteiger partial charge is 0.219 e. The first-order valence-electron chi connectivity index (χ1n) is 11.1. The molecule has 0 unspecified atom stereocenters. The van der Waals surface area contributed by atoms with Crippen LogP contribution in [0.5, 0.6) is 0 Å². The number of nitrogens with one attached hydrogen (secondary N) is 1. The fraction of sp³-hybridized carbons (Fsp3) is 0.696. The molecule has 168 valence electrons. The molecule has 1 N–H and O–H groups in total. The van der Waals surface area contributed by atoms with Crippen molar-refractivity contribution in [2.45, 2.75) is 83.4 Å². The van der Waals surface area contributed by atoms with Crippen molar-refractivity contribution in [1.29, 1.82) is 0 Å². The summed E-state index contributed by atoms with van der Waals surface area (Å²) in [6, 6.07) is 5.97. The molecule has 1 aliphatic heterocycles. The highest BCUT2D eigenvalue weighted by atomic mass is 32.2. The molecule has 3 rings (SSSR count). The van der Waals surface area contributed by atoms with E-state index in [2.05, 4.69) is 36.8 Å². The van der Waals surface area contributed by atoms with Crippen LogP contribution in [-0.2, 0) is 19.6 Å². The number of rotatable bonds is 6. The van der Waals surface area contributed by atoms with Gasteiger partial charge in [0.1, 0.15) is 0 Å². The summed E-state index contributed by atoms with van der Waals surface area (Å²) >= 11 is 0. The van der Waals surface area contributed by atoms with Gasteiger partial charge in [-0.15, -0.1) is 0 Å². The summed E-state index contributed by atoms with van der Waals surface area (Å²) < 4.78 is 32.6. The lowest BCUT2D eigenvalue weighted by Gasteiger charge is -2.41. The van der Waals surface area contributed by atoms with E-state index in [0.29, 0.717) is 19.1 Å². The molecular formula is C23H36N2O4S. The van der Waals surface area contributed by atoms with Gasteiger partial charge in [-0.05, 0) is 75.0 Å². The number of aryl methyl sites for hydroxylation is 2. The van der Waals surface area contributed by atoms with E-state index in [1.807, 2.05) is 0 Å². The third kappa shape index (κ3) is 5.83. The molecule has 2 fully saturated rings. The van der Waals surface area contributed by atoms with Crippen LogP contribution in [0.4, 0.5) is 0 Å². The Hall–Kier alpha value is -1.44. The minimum absolute atomic E-state index is 0.0256. The topological polar surface area (TPSA) is 75.7 Å². The predicted octanol–water partition coefficient (Wildman–Crippen LogP) is 3.27. The van der Waals surface area contributed by atoms with Crippen molar-refractivity contribution in [2.75, 3.05) is 19.4 Å². The first kappa shape index (κ1) is 23.2. The van der Waals surface area contributed by atoms with Crippen molar-refractivity contribution in [3.63, 3.8) is 0 Å². The van der Waals surface area contributed by atoms with E-state index in [0.717, 1.165) is 38.5 Å². The number of benzene rings is 1. The normalized spacial score (nSPS) is 27.8. The van der Waals surface area contributed by atoms with Gasteiger partial charge in [0.05, 0.1) is 25.0 Å². The summed E-state index contributed by atoms with van der Waals surface area (Å²) in [7, 11) is -3.34. The summed E-state index contributed by atoms with van der Waals surface area (Å²) in [5.41, 5.74) is 4.23. The van der Waals surface area contributed by atoms with Gasteiger partial charge in [0.25, 0.3) is 0 Å². The SMILES string of the molecule is CC(=O)N1CCC[C@H](NS(C)(=O)=O)[C@@H]1CO[C@H]1CC[C@@H](c2c(C)cccc2C)CC1. The molecule has 0 bridgehead atoms. The molecule has 1 aliphatic carbocycles. The highest BCUT2D eigenvalue weighted by Gasteiger charge is 2.35. The molecule has 1 saturated carbocycles. The minimum atomic E-state index is -3.34. The van der Waals surface area contributed by atoms with Crippen LogP contribution in [0.1, 0.15) is 68.1 Å². The van der Waals surface area contributed by atoms with Gasteiger partial charge >= 0.3 is 0 Å². The van der Waals surface area contributed by atoms with Crippen LogP contribution < -0.4 is 4.72 Å². The third-order valence-electron chi connectivity index (χ3n) is 6.68. The Morgan fingerprint density at radius 1 is 1.13 bits per heavy atom. The number of hydrogen-bond donors (Lipinski definition) is 1. The number of likely N-dealkylation sites (tertiary alicyclic amines) is 1. The lowest BCUT2D eigenvalue weighted by Crippen LogP contribution is -2.58. The van der Waals surface area contributed by atoms with Gasteiger partial charge in [-0.25, -0.2) is 13.1 Å². The van der Waals surface area contributed by atoms with Crippen molar-refractivity contribution in [3.05, 3.63) is 34.9 Å². The summed E-state index contributed by atoms with van der Waals surface area (Å²) in [6.45, 7) is 6.97. The zero-order valence-electron chi connectivity index (χ0n) is 18.7. The van der Waals surface area contributed by atoms with Gasteiger partial charge in [0, 0.05) is 19.5 Å². The van der Waals surface area contributed by atoms with Gasteiger partial charge in [-0.3, -0.25) is 4.79 Å². The summed E-state index contributed by atoms with van der Waals surface area (Å²) in [6.07, 6.45) is 7.05. The summed E-state index contributed by atoms with van der Waals surface area (Å²) in [4.78, 5) is 13.9. The molecule has 2 aliphatic rings. The molecule has 7 heteroatoms. The monoisotopic (exact) mass is 436 g/mol. The number of piperidine rings is 1. The first-order chi connectivity index (χ1) is 14.2.